The Labute approximate surface area is 97.6 Å². The van der Waals surface area contributed by atoms with Gasteiger partial charge < -0.3 is 5.11 Å². The normalized spacial score (nSPS) is 10.6. The molecule has 0 unspecified atom stereocenters. The lowest BCUT2D eigenvalue weighted by atomic mass is 10.0. The average molecular weight is 235 g/mol. The van der Waals surface area contributed by atoms with Crippen LogP contribution in [0.3, 0.4) is 0 Å². The number of hydrogen-bond acceptors (Lipinski definition) is 2. The number of hydrogen-bond donors (Lipinski definition) is 1. The molecule has 2 nitrogen and oxygen atoms in total. The summed E-state index contributed by atoms with van der Waals surface area (Å²) in [5, 5.41) is 8.80. The number of aliphatic hydroxyl groups is 1. The Morgan fingerprint density at radius 1 is 1.18 bits per heavy atom. The van der Waals surface area contributed by atoms with Gasteiger partial charge in [0.1, 0.15) is 17.3 Å². The van der Waals surface area contributed by atoms with Crippen LogP contribution in [0.5, 0.6) is 0 Å². The first-order valence-corrected chi connectivity index (χ1v) is 5.13. The molecule has 0 fully saturated rings. The molecular weight excluding hydrogens is 224 g/mol. The summed E-state index contributed by atoms with van der Waals surface area (Å²) in [6, 6.07) is 5.79. The van der Waals surface area contributed by atoms with Crippen molar-refractivity contribution in [3.63, 3.8) is 0 Å². The highest BCUT2D eigenvalue weighted by atomic mass is 19.1. The third-order valence-electron chi connectivity index (χ3n) is 2.50. The summed E-state index contributed by atoms with van der Waals surface area (Å²) < 4.78 is 27.0. The minimum atomic E-state index is -0.633. The fraction of sp³-hybridized carbons (Fsp3) is 0.154. The quantitative estimate of drug-likeness (QED) is 0.868. The zero-order chi connectivity index (χ0) is 12.4. The molecule has 2 aromatic rings. The van der Waals surface area contributed by atoms with E-state index in [0.717, 1.165) is 5.56 Å². The maximum atomic E-state index is 13.6. The fourth-order valence-electron chi connectivity index (χ4n) is 1.59. The van der Waals surface area contributed by atoms with Crippen molar-refractivity contribution in [2.45, 2.75) is 13.5 Å². The van der Waals surface area contributed by atoms with E-state index in [4.69, 9.17) is 5.11 Å². The van der Waals surface area contributed by atoms with E-state index in [-0.39, 0.29) is 5.69 Å². The molecule has 88 valence electrons. The number of benzene rings is 1. The van der Waals surface area contributed by atoms with Gasteiger partial charge in [0.15, 0.2) is 0 Å². The third-order valence-corrected chi connectivity index (χ3v) is 2.50. The van der Waals surface area contributed by atoms with E-state index in [2.05, 4.69) is 4.98 Å². The highest BCUT2D eigenvalue weighted by Crippen LogP contribution is 2.24. The van der Waals surface area contributed by atoms with Gasteiger partial charge >= 0.3 is 0 Å². The molecule has 0 saturated heterocycles. The maximum Gasteiger partial charge on any atom is 0.147 e. The van der Waals surface area contributed by atoms with Crippen molar-refractivity contribution in [1.29, 1.82) is 0 Å². The minimum absolute atomic E-state index is 0.0400. The van der Waals surface area contributed by atoms with Gasteiger partial charge in [0.2, 0.25) is 0 Å². The second-order valence-corrected chi connectivity index (χ2v) is 3.79. The molecule has 2 rings (SSSR count). The molecule has 0 spiro atoms. The fourth-order valence-corrected chi connectivity index (χ4v) is 1.59. The van der Waals surface area contributed by atoms with Crippen molar-refractivity contribution >= 4 is 0 Å². The van der Waals surface area contributed by atoms with Crippen LogP contribution < -0.4 is 0 Å². The van der Waals surface area contributed by atoms with Crippen molar-refractivity contribution in [2.24, 2.45) is 0 Å². The number of halogens is 2. The SMILES string of the molecule is Cc1ccc(F)c(-c2cnc(CO)c(F)c2)c1. The molecule has 1 N–H and O–H groups in total. The summed E-state index contributed by atoms with van der Waals surface area (Å²) in [5.41, 5.74) is 1.51. The zero-order valence-corrected chi connectivity index (χ0v) is 9.24. The van der Waals surface area contributed by atoms with E-state index >= 15 is 0 Å². The Morgan fingerprint density at radius 2 is 1.94 bits per heavy atom. The molecule has 0 aliphatic carbocycles. The highest BCUT2D eigenvalue weighted by molar-refractivity contribution is 5.64. The third kappa shape index (κ3) is 2.31. The van der Waals surface area contributed by atoms with E-state index in [0.29, 0.717) is 11.1 Å². The molecule has 17 heavy (non-hydrogen) atoms. The maximum absolute atomic E-state index is 13.6. The highest BCUT2D eigenvalue weighted by Gasteiger charge is 2.09. The van der Waals surface area contributed by atoms with E-state index in [9.17, 15) is 8.78 Å². The van der Waals surface area contributed by atoms with Crippen molar-refractivity contribution in [3.8, 4) is 11.1 Å². The number of rotatable bonds is 2. The molecule has 0 atom stereocenters. The lowest BCUT2D eigenvalue weighted by Gasteiger charge is -2.06. The van der Waals surface area contributed by atoms with E-state index in [1.165, 1.54) is 18.3 Å². The lowest BCUT2D eigenvalue weighted by molar-refractivity contribution is 0.270. The van der Waals surface area contributed by atoms with Crippen LogP contribution in [-0.4, -0.2) is 10.1 Å². The van der Waals surface area contributed by atoms with Gasteiger partial charge in [-0.3, -0.25) is 4.98 Å². The Kier molecular flexibility index (Phi) is 3.15. The molecule has 0 saturated carbocycles. The van der Waals surface area contributed by atoms with Crippen LogP contribution >= 0.6 is 0 Å². The van der Waals surface area contributed by atoms with E-state index in [1.54, 1.807) is 12.1 Å². The van der Waals surface area contributed by atoms with Gasteiger partial charge in [-0.2, -0.15) is 0 Å². The smallest absolute Gasteiger partial charge is 0.147 e. The summed E-state index contributed by atoms with van der Waals surface area (Å²) in [5.74, 6) is -1.06. The zero-order valence-electron chi connectivity index (χ0n) is 9.24. The van der Waals surface area contributed by atoms with E-state index < -0.39 is 18.2 Å². The first-order valence-electron chi connectivity index (χ1n) is 5.13. The van der Waals surface area contributed by atoms with Crippen LogP contribution in [-0.2, 0) is 6.61 Å². The largest absolute Gasteiger partial charge is 0.390 e. The van der Waals surface area contributed by atoms with Crippen LogP contribution in [0.1, 0.15) is 11.3 Å². The lowest BCUT2D eigenvalue weighted by Crippen LogP contribution is -1.96. The van der Waals surface area contributed by atoms with Crippen molar-refractivity contribution < 1.29 is 13.9 Å². The van der Waals surface area contributed by atoms with Crippen LogP contribution in [0.25, 0.3) is 11.1 Å². The van der Waals surface area contributed by atoms with Gasteiger partial charge in [0.25, 0.3) is 0 Å². The molecule has 0 aliphatic heterocycles. The monoisotopic (exact) mass is 235 g/mol. The summed E-state index contributed by atoms with van der Waals surface area (Å²) in [6.45, 7) is 1.36. The van der Waals surface area contributed by atoms with Gasteiger partial charge in [-0.15, -0.1) is 0 Å². The summed E-state index contributed by atoms with van der Waals surface area (Å²) in [4.78, 5) is 3.75. The summed E-state index contributed by atoms with van der Waals surface area (Å²) in [7, 11) is 0. The molecule has 1 heterocycles. The predicted molar refractivity (Wildman–Crippen MR) is 60.2 cm³/mol. The van der Waals surface area contributed by atoms with Gasteiger partial charge in [-0.25, -0.2) is 8.78 Å². The summed E-state index contributed by atoms with van der Waals surface area (Å²) in [6.07, 6.45) is 1.35. The Morgan fingerprint density at radius 3 is 2.59 bits per heavy atom. The number of nitrogens with zero attached hydrogens (tertiary/aromatic N) is 1. The molecule has 1 aromatic carbocycles. The van der Waals surface area contributed by atoms with Crippen molar-refractivity contribution in [1.82, 2.24) is 4.98 Å². The molecule has 4 heteroatoms. The van der Waals surface area contributed by atoms with Gasteiger partial charge in [-0.1, -0.05) is 11.6 Å². The molecule has 0 radical (unpaired) electrons. The number of aryl methyl sites for hydroxylation is 1. The molecule has 1 aromatic heterocycles. The first-order chi connectivity index (χ1) is 8.11. The van der Waals surface area contributed by atoms with Gasteiger partial charge in [0, 0.05) is 17.3 Å². The van der Waals surface area contributed by atoms with Gasteiger partial charge in [0.05, 0.1) is 6.61 Å². The molecular formula is C13H11F2NO. The van der Waals surface area contributed by atoms with Crippen LogP contribution in [0.4, 0.5) is 8.78 Å². The van der Waals surface area contributed by atoms with Crippen molar-refractivity contribution in [2.75, 3.05) is 0 Å². The average Bonchev–Trinajstić information content (AvgIpc) is 2.32. The first kappa shape index (κ1) is 11.7. The van der Waals surface area contributed by atoms with Crippen molar-refractivity contribution in [3.05, 3.63) is 53.4 Å². The minimum Gasteiger partial charge on any atom is -0.390 e. The predicted octanol–water partition coefficient (Wildman–Crippen LogP) is 2.83. The summed E-state index contributed by atoms with van der Waals surface area (Å²) >= 11 is 0. The second-order valence-electron chi connectivity index (χ2n) is 3.79. The number of aliphatic hydroxyl groups excluding tert-OH is 1. The van der Waals surface area contributed by atoms with Crippen LogP contribution in [0, 0.1) is 18.6 Å². The Bertz CT molecular complexity index is 555. The topological polar surface area (TPSA) is 33.1 Å². The molecule has 0 aliphatic rings. The van der Waals surface area contributed by atoms with Crippen LogP contribution in [0.2, 0.25) is 0 Å². The number of aromatic nitrogens is 1. The van der Waals surface area contributed by atoms with Gasteiger partial charge in [-0.05, 0) is 25.1 Å². The second kappa shape index (κ2) is 4.59. The Hall–Kier alpha value is -1.81. The van der Waals surface area contributed by atoms with Crippen LogP contribution in [0.15, 0.2) is 30.5 Å². The standard InChI is InChI=1S/C13H11F2NO/c1-8-2-3-11(14)10(4-8)9-5-12(15)13(7-17)16-6-9/h2-6,17H,7H2,1H3. The number of pyridine rings is 1. The van der Waals surface area contributed by atoms with E-state index in [1.807, 2.05) is 6.92 Å². The molecule has 0 amide bonds. The molecule has 0 bridgehead atoms. The Balaban J connectivity index is 2.53.